The molecule has 3 N–H and O–H groups in total. The van der Waals surface area contributed by atoms with Crippen molar-refractivity contribution in [2.45, 2.75) is 26.1 Å². The van der Waals surface area contributed by atoms with Crippen molar-refractivity contribution in [1.29, 1.82) is 0 Å². The van der Waals surface area contributed by atoms with Crippen LogP contribution in [0, 0.1) is 6.92 Å². The summed E-state index contributed by atoms with van der Waals surface area (Å²) in [5.74, 6) is 1.60. The van der Waals surface area contributed by atoms with Gasteiger partial charge in [-0.1, -0.05) is 0 Å². The zero-order valence-electron chi connectivity index (χ0n) is 14.4. The summed E-state index contributed by atoms with van der Waals surface area (Å²) in [6.45, 7) is 3.47. The van der Waals surface area contributed by atoms with E-state index in [1.165, 1.54) is 13.2 Å². The van der Waals surface area contributed by atoms with Gasteiger partial charge in [-0.05, 0) is 37.6 Å². The van der Waals surface area contributed by atoms with Gasteiger partial charge in [0.25, 0.3) is 0 Å². The average molecular weight is 365 g/mol. The number of halogens is 3. The number of fused-ring (bicyclic) bond motifs is 1. The number of rotatable bonds is 4. The van der Waals surface area contributed by atoms with E-state index in [0.29, 0.717) is 28.5 Å². The van der Waals surface area contributed by atoms with Gasteiger partial charge in [0.1, 0.15) is 17.1 Å². The van der Waals surface area contributed by atoms with Gasteiger partial charge in [0.15, 0.2) is 5.82 Å². The summed E-state index contributed by atoms with van der Waals surface area (Å²) < 4.78 is 45.9. The standard InChI is InChI=1S/C17H18F3N5O/c1-9(11-4-12(17(18,19)20)6-13(21)5-11)22-16-15-7-14(26-3)8-25(15)24-10(2)23-16/h4-9H,21H2,1-3H3,(H,22,23,24)/t9-/m1/s1. The Kier molecular flexibility index (Phi) is 4.39. The van der Waals surface area contributed by atoms with Crippen LogP contribution in [0.2, 0.25) is 0 Å². The Morgan fingerprint density at radius 1 is 1.23 bits per heavy atom. The van der Waals surface area contributed by atoms with Crippen molar-refractivity contribution in [3.8, 4) is 5.75 Å². The number of aromatic nitrogens is 3. The van der Waals surface area contributed by atoms with Crippen LogP contribution in [-0.4, -0.2) is 21.7 Å². The number of nitrogens with zero attached hydrogens (tertiary/aromatic N) is 3. The van der Waals surface area contributed by atoms with Crippen LogP contribution in [-0.2, 0) is 6.18 Å². The zero-order valence-corrected chi connectivity index (χ0v) is 14.4. The molecule has 1 atom stereocenters. The summed E-state index contributed by atoms with van der Waals surface area (Å²) in [6, 6.07) is 4.80. The van der Waals surface area contributed by atoms with Gasteiger partial charge < -0.3 is 15.8 Å². The van der Waals surface area contributed by atoms with Gasteiger partial charge >= 0.3 is 6.18 Å². The molecule has 0 fully saturated rings. The van der Waals surface area contributed by atoms with Crippen LogP contribution in [0.1, 0.15) is 29.9 Å². The third-order valence-electron chi connectivity index (χ3n) is 3.94. The molecule has 0 saturated carbocycles. The molecule has 9 heteroatoms. The Hall–Kier alpha value is -2.97. The Balaban J connectivity index is 1.98. The molecule has 138 valence electrons. The van der Waals surface area contributed by atoms with E-state index >= 15 is 0 Å². The first-order chi connectivity index (χ1) is 12.2. The second-order valence-corrected chi connectivity index (χ2v) is 5.97. The Bertz CT molecular complexity index is 951. The van der Waals surface area contributed by atoms with Crippen molar-refractivity contribution in [2.24, 2.45) is 0 Å². The van der Waals surface area contributed by atoms with Gasteiger partial charge in [0, 0.05) is 11.8 Å². The molecule has 2 heterocycles. The highest BCUT2D eigenvalue weighted by Crippen LogP contribution is 2.33. The fourth-order valence-electron chi connectivity index (χ4n) is 2.68. The molecule has 0 amide bonds. The molecule has 1 aromatic carbocycles. The van der Waals surface area contributed by atoms with Crippen molar-refractivity contribution >= 4 is 17.0 Å². The lowest BCUT2D eigenvalue weighted by Crippen LogP contribution is -2.13. The highest BCUT2D eigenvalue weighted by atomic mass is 19.4. The predicted octanol–water partition coefficient (Wildman–Crippen LogP) is 3.82. The monoisotopic (exact) mass is 365 g/mol. The normalized spacial score (nSPS) is 13.0. The Morgan fingerprint density at radius 2 is 1.96 bits per heavy atom. The molecule has 6 nitrogen and oxygen atoms in total. The Morgan fingerprint density at radius 3 is 2.62 bits per heavy atom. The summed E-state index contributed by atoms with van der Waals surface area (Å²) in [7, 11) is 1.54. The molecule has 0 bridgehead atoms. The highest BCUT2D eigenvalue weighted by molar-refractivity contribution is 5.70. The average Bonchev–Trinajstić information content (AvgIpc) is 2.96. The number of methoxy groups -OCH3 is 1. The SMILES string of the molecule is COc1cc2c(N[C@H](C)c3cc(N)cc(C(F)(F)F)c3)nc(C)nn2c1. The number of anilines is 2. The molecule has 0 saturated heterocycles. The second-order valence-electron chi connectivity index (χ2n) is 5.97. The summed E-state index contributed by atoms with van der Waals surface area (Å²) >= 11 is 0. The van der Waals surface area contributed by atoms with Crippen LogP contribution in [0.3, 0.4) is 0 Å². The van der Waals surface area contributed by atoms with E-state index in [0.717, 1.165) is 12.1 Å². The van der Waals surface area contributed by atoms with Crippen LogP contribution >= 0.6 is 0 Å². The number of nitrogen functional groups attached to an aromatic ring is 1. The molecular formula is C17H18F3N5O. The first kappa shape index (κ1) is 17.8. The molecule has 0 radical (unpaired) electrons. The number of hydrogen-bond donors (Lipinski definition) is 2. The lowest BCUT2D eigenvalue weighted by Gasteiger charge is -2.18. The van der Waals surface area contributed by atoms with E-state index in [4.69, 9.17) is 10.5 Å². The van der Waals surface area contributed by atoms with Crippen LogP contribution in [0.5, 0.6) is 5.75 Å². The maximum absolute atomic E-state index is 13.0. The highest BCUT2D eigenvalue weighted by Gasteiger charge is 2.31. The van der Waals surface area contributed by atoms with Crippen LogP contribution in [0.4, 0.5) is 24.7 Å². The van der Waals surface area contributed by atoms with Gasteiger partial charge in [-0.15, -0.1) is 0 Å². The first-order valence-electron chi connectivity index (χ1n) is 7.82. The lowest BCUT2D eigenvalue weighted by atomic mass is 10.0. The quantitative estimate of drug-likeness (QED) is 0.688. The van der Waals surface area contributed by atoms with Gasteiger partial charge in [-0.2, -0.15) is 18.3 Å². The largest absolute Gasteiger partial charge is 0.495 e. The number of nitrogens with two attached hydrogens (primary N) is 1. The van der Waals surface area contributed by atoms with E-state index in [9.17, 15) is 13.2 Å². The van der Waals surface area contributed by atoms with Gasteiger partial charge in [0.2, 0.25) is 0 Å². The molecule has 3 aromatic rings. The minimum absolute atomic E-state index is 0.0526. The molecule has 2 aromatic heterocycles. The minimum Gasteiger partial charge on any atom is -0.495 e. The van der Waals surface area contributed by atoms with Gasteiger partial charge in [0.05, 0.1) is 24.9 Å². The molecule has 0 spiro atoms. The number of alkyl halides is 3. The third kappa shape index (κ3) is 3.51. The number of ether oxygens (including phenoxy) is 1. The fourth-order valence-corrected chi connectivity index (χ4v) is 2.68. The first-order valence-corrected chi connectivity index (χ1v) is 7.82. The van der Waals surface area contributed by atoms with E-state index in [-0.39, 0.29) is 5.69 Å². The van der Waals surface area contributed by atoms with E-state index in [2.05, 4.69) is 15.4 Å². The topological polar surface area (TPSA) is 77.5 Å². The predicted molar refractivity (Wildman–Crippen MR) is 92.2 cm³/mol. The molecule has 26 heavy (non-hydrogen) atoms. The number of hydrogen-bond acceptors (Lipinski definition) is 5. The van der Waals surface area contributed by atoms with E-state index < -0.39 is 17.8 Å². The van der Waals surface area contributed by atoms with Gasteiger partial charge in [-0.3, -0.25) is 0 Å². The number of benzene rings is 1. The smallest absolute Gasteiger partial charge is 0.416 e. The van der Waals surface area contributed by atoms with Crippen molar-refractivity contribution < 1.29 is 17.9 Å². The fraction of sp³-hybridized carbons (Fsp3) is 0.294. The summed E-state index contributed by atoms with van der Waals surface area (Å²) in [6.07, 6.45) is -2.76. The molecule has 0 aliphatic carbocycles. The number of nitrogens with one attached hydrogen (secondary N) is 1. The minimum atomic E-state index is -4.46. The molecule has 0 aliphatic heterocycles. The van der Waals surface area contributed by atoms with E-state index in [1.54, 1.807) is 30.6 Å². The van der Waals surface area contributed by atoms with Crippen LogP contribution in [0.25, 0.3) is 5.52 Å². The second kappa shape index (κ2) is 6.40. The molecular weight excluding hydrogens is 347 g/mol. The maximum Gasteiger partial charge on any atom is 0.416 e. The van der Waals surface area contributed by atoms with E-state index in [1.807, 2.05) is 0 Å². The summed E-state index contributed by atoms with van der Waals surface area (Å²) in [5, 5.41) is 7.40. The van der Waals surface area contributed by atoms with Gasteiger partial charge in [-0.25, -0.2) is 9.50 Å². The zero-order chi connectivity index (χ0) is 19.1. The Labute approximate surface area is 147 Å². The number of aryl methyl sites for hydroxylation is 1. The van der Waals surface area contributed by atoms with Crippen molar-refractivity contribution in [3.63, 3.8) is 0 Å². The summed E-state index contributed by atoms with van der Waals surface area (Å²) in [5.41, 5.74) is 5.98. The lowest BCUT2D eigenvalue weighted by molar-refractivity contribution is -0.137. The maximum atomic E-state index is 13.0. The molecule has 0 aliphatic rings. The third-order valence-corrected chi connectivity index (χ3v) is 3.94. The van der Waals surface area contributed by atoms with Crippen LogP contribution in [0.15, 0.2) is 30.5 Å². The van der Waals surface area contributed by atoms with Crippen molar-refractivity contribution in [2.75, 3.05) is 18.2 Å². The summed E-state index contributed by atoms with van der Waals surface area (Å²) in [4.78, 5) is 4.36. The van der Waals surface area contributed by atoms with Crippen molar-refractivity contribution in [3.05, 3.63) is 47.4 Å². The molecule has 0 unspecified atom stereocenters. The molecule has 3 rings (SSSR count). The van der Waals surface area contributed by atoms with Crippen molar-refractivity contribution in [1.82, 2.24) is 14.6 Å². The van der Waals surface area contributed by atoms with Crippen LogP contribution < -0.4 is 15.8 Å².